The molecule has 1 N–H and O–H groups in total. The summed E-state index contributed by atoms with van der Waals surface area (Å²) in [5.74, 6) is -0.492. The van der Waals surface area contributed by atoms with E-state index >= 15 is 0 Å². The van der Waals surface area contributed by atoms with Crippen LogP contribution in [-0.2, 0) is 0 Å². The molecule has 0 aliphatic rings. The number of hydrogen-bond acceptors (Lipinski definition) is 1. The maximum atomic E-state index is 10.6. The van der Waals surface area contributed by atoms with Crippen LogP contribution < -0.4 is 0 Å². The van der Waals surface area contributed by atoms with Gasteiger partial charge in [0.25, 0.3) is 0 Å². The molecule has 2 nitrogen and oxygen atoms in total. The molecular weight excluding hydrogens is 244 g/mol. The molecule has 0 bridgehead atoms. The Kier molecular flexibility index (Phi) is 3.69. The van der Waals surface area contributed by atoms with Crippen LogP contribution in [0.5, 0.6) is 0 Å². The molecule has 0 aliphatic heterocycles. The smallest absolute Gasteiger partial charge is 0.335 e. The van der Waals surface area contributed by atoms with Crippen LogP contribution in [0.15, 0.2) is 24.3 Å². The monoisotopic (exact) mass is 256 g/mol. The first-order valence-corrected chi connectivity index (χ1v) is 5.41. The van der Waals surface area contributed by atoms with Gasteiger partial charge in [-0.05, 0) is 23.6 Å². The van der Waals surface area contributed by atoms with Gasteiger partial charge in [0, 0.05) is 4.83 Å². The van der Waals surface area contributed by atoms with Crippen molar-refractivity contribution >= 4 is 21.9 Å². The fourth-order valence-corrected chi connectivity index (χ4v) is 1.50. The number of alkyl halides is 1. The Balaban J connectivity index is 2.88. The summed E-state index contributed by atoms with van der Waals surface area (Å²) in [6.45, 7) is 4.19. The molecule has 1 aromatic rings. The Morgan fingerprint density at radius 1 is 1.29 bits per heavy atom. The zero-order valence-electron chi connectivity index (χ0n) is 8.20. The van der Waals surface area contributed by atoms with Gasteiger partial charge in [-0.3, -0.25) is 0 Å². The molecule has 0 aliphatic carbocycles. The maximum absolute atomic E-state index is 10.6. The molecule has 0 saturated carbocycles. The minimum atomic E-state index is -0.879. The highest BCUT2D eigenvalue weighted by molar-refractivity contribution is 9.09. The summed E-state index contributed by atoms with van der Waals surface area (Å²) in [4.78, 5) is 11.0. The molecule has 76 valence electrons. The van der Waals surface area contributed by atoms with Gasteiger partial charge < -0.3 is 5.11 Å². The summed E-state index contributed by atoms with van der Waals surface area (Å²) >= 11 is 3.51. The summed E-state index contributed by atoms with van der Waals surface area (Å²) in [7, 11) is 0. The van der Waals surface area contributed by atoms with Crippen molar-refractivity contribution < 1.29 is 9.90 Å². The highest BCUT2D eigenvalue weighted by Gasteiger charge is 2.11. The second-order valence-corrected chi connectivity index (χ2v) is 4.84. The van der Waals surface area contributed by atoms with Gasteiger partial charge in [0.05, 0.1) is 5.56 Å². The number of aromatic carboxylic acids is 1. The number of rotatable bonds is 3. The van der Waals surface area contributed by atoms with Crippen molar-refractivity contribution in [3.63, 3.8) is 0 Å². The lowest BCUT2D eigenvalue weighted by molar-refractivity contribution is 0.0697. The second-order valence-electron chi connectivity index (χ2n) is 3.39. The Morgan fingerprint density at radius 3 is 2.14 bits per heavy atom. The van der Waals surface area contributed by atoms with E-state index in [9.17, 15) is 4.79 Å². The van der Waals surface area contributed by atoms with Gasteiger partial charge in [-0.2, -0.15) is 0 Å². The first kappa shape index (κ1) is 11.2. The zero-order chi connectivity index (χ0) is 10.7. The molecule has 1 aromatic carbocycles. The van der Waals surface area contributed by atoms with Crippen LogP contribution in [0.3, 0.4) is 0 Å². The molecule has 0 heterocycles. The van der Waals surface area contributed by atoms with Crippen LogP contribution in [0.2, 0.25) is 0 Å². The number of benzene rings is 1. The average molecular weight is 257 g/mol. The molecule has 0 aromatic heterocycles. The molecule has 3 heteroatoms. The lowest BCUT2D eigenvalue weighted by Crippen LogP contribution is -2.05. The number of carboxylic acids is 1. The van der Waals surface area contributed by atoms with Crippen LogP contribution in [0.4, 0.5) is 0 Å². The largest absolute Gasteiger partial charge is 0.478 e. The predicted octanol–water partition coefficient (Wildman–Crippen LogP) is 3.27. The highest BCUT2D eigenvalue weighted by atomic mass is 79.9. The number of halogens is 1. The van der Waals surface area contributed by atoms with Gasteiger partial charge in [-0.25, -0.2) is 4.79 Å². The molecule has 0 saturated heterocycles. The lowest BCUT2D eigenvalue weighted by Gasteiger charge is -2.14. The van der Waals surface area contributed by atoms with E-state index in [1.807, 2.05) is 12.1 Å². The van der Waals surface area contributed by atoms with Gasteiger partial charge in [0.2, 0.25) is 0 Å². The van der Waals surface area contributed by atoms with E-state index < -0.39 is 5.97 Å². The van der Waals surface area contributed by atoms with Crippen LogP contribution in [-0.4, -0.2) is 15.9 Å². The van der Waals surface area contributed by atoms with Gasteiger partial charge in [-0.1, -0.05) is 41.9 Å². The summed E-state index contributed by atoms with van der Waals surface area (Å²) in [6, 6.07) is 7.02. The third kappa shape index (κ3) is 2.58. The SMILES string of the molecule is CC(Br)C(C)c1ccc(C(=O)O)cc1. The minimum absolute atomic E-state index is 0.336. The number of carbonyl (C=O) groups is 1. The molecular formula is C11H13BrO2. The van der Waals surface area contributed by atoms with E-state index in [4.69, 9.17) is 5.11 Å². The van der Waals surface area contributed by atoms with E-state index in [-0.39, 0.29) is 0 Å². The lowest BCUT2D eigenvalue weighted by atomic mass is 9.97. The summed E-state index contributed by atoms with van der Waals surface area (Å²) in [5.41, 5.74) is 1.49. The van der Waals surface area contributed by atoms with Crippen molar-refractivity contribution in [2.45, 2.75) is 24.6 Å². The fraction of sp³-hybridized carbons (Fsp3) is 0.364. The van der Waals surface area contributed by atoms with Crippen LogP contribution >= 0.6 is 15.9 Å². The Labute approximate surface area is 92.1 Å². The third-order valence-corrected chi connectivity index (χ3v) is 3.17. The van der Waals surface area contributed by atoms with Gasteiger partial charge in [0.15, 0.2) is 0 Å². The molecule has 14 heavy (non-hydrogen) atoms. The zero-order valence-corrected chi connectivity index (χ0v) is 9.78. The molecule has 0 radical (unpaired) electrons. The summed E-state index contributed by atoms with van der Waals surface area (Å²) in [6.07, 6.45) is 0. The van der Waals surface area contributed by atoms with Gasteiger partial charge in [-0.15, -0.1) is 0 Å². The second kappa shape index (κ2) is 4.60. The molecule has 2 unspecified atom stereocenters. The van der Waals surface area contributed by atoms with Crippen molar-refractivity contribution in [2.75, 3.05) is 0 Å². The van der Waals surface area contributed by atoms with Gasteiger partial charge in [0.1, 0.15) is 0 Å². The van der Waals surface area contributed by atoms with Crippen LogP contribution in [0, 0.1) is 0 Å². The molecule has 2 atom stereocenters. The van der Waals surface area contributed by atoms with Crippen molar-refractivity contribution in [1.29, 1.82) is 0 Å². The summed E-state index contributed by atoms with van der Waals surface area (Å²) < 4.78 is 0. The van der Waals surface area contributed by atoms with Crippen molar-refractivity contribution in [3.05, 3.63) is 35.4 Å². The number of carboxylic acid groups (broad SMARTS) is 1. The highest BCUT2D eigenvalue weighted by Crippen LogP contribution is 2.24. The molecule has 0 amide bonds. The fourth-order valence-electron chi connectivity index (χ4n) is 1.19. The van der Waals surface area contributed by atoms with Crippen LogP contribution in [0.1, 0.15) is 35.7 Å². The molecule has 1 rings (SSSR count). The topological polar surface area (TPSA) is 37.3 Å². The maximum Gasteiger partial charge on any atom is 0.335 e. The van der Waals surface area contributed by atoms with Crippen LogP contribution in [0.25, 0.3) is 0 Å². The van der Waals surface area contributed by atoms with E-state index in [1.54, 1.807) is 12.1 Å². The van der Waals surface area contributed by atoms with Gasteiger partial charge >= 0.3 is 5.97 Å². The predicted molar refractivity (Wildman–Crippen MR) is 60.2 cm³/mol. The summed E-state index contributed by atoms with van der Waals surface area (Å²) in [5, 5.41) is 8.71. The minimum Gasteiger partial charge on any atom is -0.478 e. The first-order valence-electron chi connectivity index (χ1n) is 4.49. The quantitative estimate of drug-likeness (QED) is 0.844. The Morgan fingerprint density at radius 2 is 1.79 bits per heavy atom. The van der Waals surface area contributed by atoms with E-state index in [2.05, 4.69) is 29.8 Å². The Hall–Kier alpha value is -0.830. The number of hydrogen-bond donors (Lipinski definition) is 1. The van der Waals surface area contributed by atoms with Crippen molar-refractivity contribution in [2.24, 2.45) is 0 Å². The van der Waals surface area contributed by atoms with E-state index in [1.165, 1.54) is 0 Å². The van der Waals surface area contributed by atoms with E-state index in [0.717, 1.165) is 5.56 Å². The standard InChI is InChI=1S/C11H13BrO2/c1-7(8(2)12)9-3-5-10(6-4-9)11(13)14/h3-8H,1-2H3,(H,13,14). The Bertz CT molecular complexity index is 317. The van der Waals surface area contributed by atoms with Crippen molar-refractivity contribution in [3.8, 4) is 0 Å². The third-order valence-electron chi connectivity index (χ3n) is 2.37. The average Bonchev–Trinajstić information content (AvgIpc) is 2.16. The molecule has 0 spiro atoms. The molecule has 0 fully saturated rings. The normalized spacial score (nSPS) is 14.8. The first-order chi connectivity index (χ1) is 6.52. The van der Waals surface area contributed by atoms with Crippen molar-refractivity contribution in [1.82, 2.24) is 0 Å². The van der Waals surface area contributed by atoms with E-state index in [0.29, 0.717) is 16.3 Å².